The third kappa shape index (κ3) is 6.32. The molecular formula is C56H48O2Si. The van der Waals surface area contributed by atoms with E-state index < -0.39 is 9.52 Å². The number of hydrogen-bond acceptors (Lipinski definition) is 2. The number of allylic oxidation sites excluding steroid dienone is 4. The van der Waals surface area contributed by atoms with E-state index >= 15 is 0 Å². The summed E-state index contributed by atoms with van der Waals surface area (Å²) in [5, 5.41) is 0. The number of aryl methyl sites for hydroxylation is 4. The van der Waals surface area contributed by atoms with Gasteiger partial charge in [0.2, 0.25) is 0 Å². The van der Waals surface area contributed by atoms with Crippen LogP contribution >= 0.6 is 0 Å². The quantitative estimate of drug-likeness (QED) is 0.144. The molecule has 0 aliphatic heterocycles. The van der Waals surface area contributed by atoms with E-state index in [9.17, 15) is 0 Å². The molecule has 2 aliphatic rings. The SMILES string of the molecule is CC1=C(c2ccc(C)o2)C([SiH2]C2C(c3ccc(C)o3)=C(C)c3c2ccc(C)c3-c2ccc(-c3ccccc3)cc2)c2ccc(C)c(-c3ccc(-c4ccccc4)cc3)c21. The molecule has 10 rings (SSSR count). The summed E-state index contributed by atoms with van der Waals surface area (Å²) in [6, 6.07) is 57.8. The molecule has 0 spiro atoms. The summed E-state index contributed by atoms with van der Waals surface area (Å²) in [5.41, 5.74) is 24.1. The Morgan fingerprint density at radius 1 is 0.339 bits per heavy atom. The largest absolute Gasteiger partial charge is 0.462 e. The molecule has 288 valence electrons. The Morgan fingerprint density at radius 2 is 0.695 bits per heavy atom. The Labute approximate surface area is 350 Å². The van der Waals surface area contributed by atoms with Gasteiger partial charge < -0.3 is 8.83 Å². The molecule has 0 saturated carbocycles. The van der Waals surface area contributed by atoms with Crippen LogP contribution in [0.15, 0.2) is 167 Å². The van der Waals surface area contributed by atoms with Crippen LogP contribution in [0.3, 0.4) is 0 Å². The number of benzene rings is 6. The average Bonchev–Trinajstić information content (AvgIpc) is 4.02. The number of fused-ring (bicyclic) bond motifs is 2. The molecule has 2 atom stereocenters. The molecule has 3 heteroatoms. The molecule has 0 radical (unpaired) electrons. The minimum atomic E-state index is -1.02. The monoisotopic (exact) mass is 780 g/mol. The summed E-state index contributed by atoms with van der Waals surface area (Å²) < 4.78 is 13.2. The number of rotatable bonds is 8. The highest BCUT2D eigenvalue weighted by Gasteiger charge is 2.41. The van der Waals surface area contributed by atoms with Crippen LogP contribution in [0, 0.1) is 27.7 Å². The van der Waals surface area contributed by atoms with Gasteiger partial charge in [-0.15, -0.1) is 0 Å². The second kappa shape index (κ2) is 14.7. The van der Waals surface area contributed by atoms with Crippen LogP contribution in [0.1, 0.15) is 81.4 Å². The van der Waals surface area contributed by atoms with E-state index in [1.165, 1.54) is 100 Å². The molecular weight excluding hydrogens is 733 g/mol. The molecule has 0 amide bonds. The fourth-order valence-electron chi connectivity index (χ4n) is 10.2. The Kier molecular flexibility index (Phi) is 9.22. The van der Waals surface area contributed by atoms with Crippen LogP contribution in [-0.4, -0.2) is 9.52 Å². The van der Waals surface area contributed by atoms with Gasteiger partial charge in [-0.2, -0.15) is 0 Å². The van der Waals surface area contributed by atoms with Gasteiger partial charge in [0, 0.05) is 31.7 Å². The zero-order valence-corrected chi connectivity index (χ0v) is 36.1. The lowest BCUT2D eigenvalue weighted by atomic mass is 9.89. The zero-order chi connectivity index (χ0) is 40.4. The van der Waals surface area contributed by atoms with Gasteiger partial charge in [-0.25, -0.2) is 0 Å². The lowest BCUT2D eigenvalue weighted by molar-refractivity contribution is 0.519. The van der Waals surface area contributed by atoms with Crippen LogP contribution in [-0.2, 0) is 0 Å². The van der Waals surface area contributed by atoms with Gasteiger partial charge in [-0.3, -0.25) is 0 Å². The molecule has 0 saturated heterocycles. The topological polar surface area (TPSA) is 26.3 Å². The van der Waals surface area contributed by atoms with Crippen molar-refractivity contribution in [3.8, 4) is 44.5 Å². The van der Waals surface area contributed by atoms with Crippen molar-refractivity contribution in [2.45, 2.75) is 52.6 Å². The first kappa shape index (κ1) is 36.9. The van der Waals surface area contributed by atoms with E-state index in [0.29, 0.717) is 0 Å². The predicted molar refractivity (Wildman–Crippen MR) is 250 cm³/mol. The van der Waals surface area contributed by atoms with Crippen molar-refractivity contribution in [3.05, 3.63) is 214 Å². The van der Waals surface area contributed by atoms with Gasteiger partial charge in [0.1, 0.15) is 23.0 Å². The zero-order valence-electron chi connectivity index (χ0n) is 34.7. The lowest BCUT2D eigenvalue weighted by Gasteiger charge is -2.24. The second-order valence-electron chi connectivity index (χ2n) is 16.6. The fourth-order valence-corrected chi connectivity index (χ4v) is 13.3. The Bertz CT molecular complexity index is 2740. The Morgan fingerprint density at radius 3 is 1.05 bits per heavy atom. The summed E-state index contributed by atoms with van der Waals surface area (Å²) in [4.78, 5) is 0. The average molecular weight is 781 g/mol. The first-order valence-electron chi connectivity index (χ1n) is 20.9. The summed E-state index contributed by atoms with van der Waals surface area (Å²) in [6.07, 6.45) is 0. The van der Waals surface area contributed by atoms with E-state index in [0.717, 1.165) is 23.0 Å². The van der Waals surface area contributed by atoms with Crippen LogP contribution in [0.25, 0.3) is 66.8 Å². The number of hydrogen-bond donors (Lipinski definition) is 0. The standard InChI is InChI=1S/C56H48O2Si/c1-33-17-29-45-51(49(33)43-25-21-41(22-26-43)39-13-9-7-10-14-39)37(5)53(47-31-19-35(3)57-47)55(45)59-56-46-30-18-34(2)50(52(46)38(6)54(56)48-32-20-36(4)58-48)44-27-23-42(24-28-44)40-15-11-8-12-16-40/h7-32,55-56H,59H2,1-6H3. The van der Waals surface area contributed by atoms with Gasteiger partial charge in [-0.05, 0) is 155 Å². The first-order chi connectivity index (χ1) is 28.7. The van der Waals surface area contributed by atoms with Crippen molar-refractivity contribution < 1.29 is 8.83 Å². The van der Waals surface area contributed by atoms with Crippen LogP contribution in [0.4, 0.5) is 0 Å². The van der Waals surface area contributed by atoms with Crippen molar-refractivity contribution in [1.82, 2.24) is 0 Å². The lowest BCUT2D eigenvalue weighted by Crippen LogP contribution is -2.17. The maximum absolute atomic E-state index is 6.58. The minimum Gasteiger partial charge on any atom is -0.462 e. The normalized spacial score (nSPS) is 16.1. The van der Waals surface area contributed by atoms with Crippen molar-refractivity contribution in [1.29, 1.82) is 0 Å². The van der Waals surface area contributed by atoms with Crippen LogP contribution < -0.4 is 0 Å². The maximum atomic E-state index is 6.58. The molecule has 0 bridgehead atoms. The highest BCUT2D eigenvalue weighted by Crippen LogP contribution is 2.56. The Balaban J connectivity index is 1.12. The van der Waals surface area contributed by atoms with Gasteiger partial charge in [0.15, 0.2) is 0 Å². The molecule has 59 heavy (non-hydrogen) atoms. The van der Waals surface area contributed by atoms with Crippen LogP contribution in [0.5, 0.6) is 0 Å². The Hall–Kier alpha value is -6.42. The molecule has 8 aromatic rings. The first-order valence-corrected chi connectivity index (χ1v) is 22.5. The summed E-state index contributed by atoms with van der Waals surface area (Å²) >= 11 is 0. The van der Waals surface area contributed by atoms with E-state index in [-0.39, 0.29) is 11.1 Å². The molecule has 2 aromatic heterocycles. The number of furan rings is 2. The maximum Gasteiger partial charge on any atom is 0.130 e. The van der Waals surface area contributed by atoms with Crippen molar-refractivity contribution in [3.63, 3.8) is 0 Å². The molecule has 0 fully saturated rings. The van der Waals surface area contributed by atoms with Crippen LogP contribution in [0.2, 0.25) is 0 Å². The highest BCUT2D eigenvalue weighted by atomic mass is 28.2. The van der Waals surface area contributed by atoms with Gasteiger partial charge in [-0.1, -0.05) is 133 Å². The van der Waals surface area contributed by atoms with Crippen molar-refractivity contribution in [2.75, 3.05) is 0 Å². The predicted octanol–water partition coefficient (Wildman–Crippen LogP) is 14.6. The van der Waals surface area contributed by atoms with E-state index in [2.05, 4.69) is 199 Å². The minimum absolute atomic E-state index is 0.239. The fraction of sp³-hybridized carbons (Fsp3) is 0.143. The second-order valence-corrected chi connectivity index (χ2v) is 18.7. The molecule has 6 aromatic carbocycles. The van der Waals surface area contributed by atoms with E-state index in [1.807, 2.05) is 0 Å². The van der Waals surface area contributed by atoms with E-state index in [4.69, 9.17) is 8.83 Å². The third-order valence-electron chi connectivity index (χ3n) is 12.9. The van der Waals surface area contributed by atoms with Crippen molar-refractivity contribution >= 4 is 31.8 Å². The molecule has 2 heterocycles. The van der Waals surface area contributed by atoms with Gasteiger partial charge in [0.25, 0.3) is 0 Å². The van der Waals surface area contributed by atoms with Gasteiger partial charge >= 0.3 is 0 Å². The summed E-state index contributed by atoms with van der Waals surface area (Å²) in [5.74, 6) is 3.87. The molecule has 2 aliphatic carbocycles. The third-order valence-corrected chi connectivity index (χ3v) is 15.6. The van der Waals surface area contributed by atoms with Crippen molar-refractivity contribution in [2.24, 2.45) is 0 Å². The molecule has 2 nitrogen and oxygen atoms in total. The summed E-state index contributed by atoms with van der Waals surface area (Å²) in [6.45, 7) is 13.3. The highest BCUT2D eigenvalue weighted by molar-refractivity contribution is 6.49. The summed E-state index contributed by atoms with van der Waals surface area (Å²) in [7, 11) is -1.02. The van der Waals surface area contributed by atoms with E-state index in [1.54, 1.807) is 0 Å². The smallest absolute Gasteiger partial charge is 0.130 e. The molecule has 2 unspecified atom stereocenters. The molecule has 0 N–H and O–H groups in total. The van der Waals surface area contributed by atoms with Gasteiger partial charge in [0.05, 0.1) is 0 Å².